The summed E-state index contributed by atoms with van der Waals surface area (Å²) in [7, 11) is 1.99. The third-order valence-corrected chi connectivity index (χ3v) is 2.45. The van der Waals surface area contributed by atoms with Crippen molar-refractivity contribution in [3.63, 3.8) is 0 Å². The Morgan fingerprint density at radius 2 is 2.31 bits per heavy atom. The highest BCUT2D eigenvalue weighted by Gasteiger charge is 2.10. The molecule has 1 aromatic rings. The zero-order chi connectivity index (χ0) is 12.0. The lowest BCUT2D eigenvalue weighted by atomic mass is 10.2. The van der Waals surface area contributed by atoms with Crippen molar-refractivity contribution in [3.05, 3.63) is 24.0 Å². The number of hydrogen-bond acceptors (Lipinski definition) is 2. The van der Waals surface area contributed by atoms with Crippen LogP contribution in [0, 0.1) is 0 Å². The molecule has 90 valence electrons. The summed E-state index contributed by atoms with van der Waals surface area (Å²) in [6.07, 6.45) is 5.01. The molecule has 1 atom stereocenters. The zero-order valence-corrected chi connectivity index (χ0v) is 10.3. The molecule has 0 bridgehead atoms. The third kappa shape index (κ3) is 4.06. The summed E-state index contributed by atoms with van der Waals surface area (Å²) in [6.45, 7) is 5.40. The van der Waals surface area contributed by atoms with E-state index in [9.17, 15) is 4.79 Å². The van der Waals surface area contributed by atoms with Gasteiger partial charge < -0.3 is 15.2 Å². The second-order valence-electron chi connectivity index (χ2n) is 4.08. The van der Waals surface area contributed by atoms with Gasteiger partial charge in [0.25, 0.3) is 0 Å². The number of aryl methyl sites for hydroxylation is 1. The molecule has 0 saturated heterocycles. The summed E-state index contributed by atoms with van der Waals surface area (Å²) in [5.74, 6) is 0.0674. The van der Waals surface area contributed by atoms with E-state index in [1.54, 1.807) is 0 Å². The van der Waals surface area contributed by atoms with Gasteiger partial charge in [-0.1, -0.05) is 6.92 Å². The SMILES string of the molecule is CCCNC(=O)C(C)NCc1ccn(C)c1. The van der Waals surface area contributed by atoms with Crippen molar-refractivity contribution in [1.82, 2.24) is 15.2 Å². The van der Waals surface area contributed by atoms with Crippen LogP contribution in [0.3, 0.4) is 0 Å². The summed E-state index contributed by atoms with van der Waals surface area (Å²) >= 11 is 0. The molecule has 1 heterocycles. The molecule has 1 aromatic heterocycles. The zero-order valence-electron chi connectivity index (χ0n) is 10.3. The quantitative estimate of drug-likeness (QED) is 0.756. The average Bonchev–Trinajstić information content (AvgIpc) is 2.68. The van der Waals surface area contributed by atoms with Crippen LogP contribution >= 0.6 is 0 Å². The van der Waals surface area contributed by atoms with Crippen molar-refractivity contribution < 1.29 is 4.79 Å². The van der Waals surface area contributed by atoms with E-state index in [1.807, 2.05) is 43.9 Å². The molecule has 0 fully saturated rings. The van der Waals surface area contributed by atoms with E-state index >= 15 is 0 Å². The molecular weight excluding hydrogens is 202 g/mol. The molecule has 0 radical (unpaired) electrons. The van der Waals surface area contributed by atoms with Gasteiger partial charge >= 0.3 is 0 Å². The average molecular weight is 223 g/mol. The predicted octanol–water partition coefficient (Wildman–Crippen LogP) is 1.03. The molecular formula is C12H21N3O. The summed E-state index contributed by atoms with van der Waals surface area (Å²) in [5, 5.41) is 6.06. The van der Waals surface area contributed by atoms with Crippen LogP contribution in [0.5, 0.6) is 0 Å². The topological polar surface area (TPSA) is 46.1 Å². The maximum absolute atomic E-state index is 11.5. The van der Waals surface area contributed by atoms with Crippen LogP contribution in [0.1, 0.15) is 25.8 Å². The lowest BCUT2D eigenvalue weighted by Gasteiger charge is -2.12. The van der Waals surface area contributed by atoms with Crippen LogP contribution in [0.4, 0.5) is 0 Å². The van der Waals surface area contributed by atoms with Gasteiger partial charge in [-0.15, -0.1) is 0 Å². The maximum Gasteiger partial charge on any atom is 0.236 e. The van der Waals surface area contributed by atoms with Gasteiger partial charge in [0.2, 0.25) is 5.91 Å². The van der Waals surface area contributed by atoms with Crippen molar-refractivity contribution in [2.45, 2.75) is 32.9 Å². The van der Waals surface area contributed by atoms with E-state index in [0.29, 0.717) is 0 Å². The van der Waals surface area contributed by atoms with Gasteiger partial charge in [-0.3, -0.25) is 4.79 Å². The molecule has 0 aromatic carbocycles. The Labute approximate surface area is 97.0 Å². The van der Waals surface area contributed by atoms with E-state index in [1.165, 1.54) is 5.56 Å². The van der Waals surface area contributed by atoms with E-state index < -0.39 is 0 Å². The first-order valence-electron chi connectivity index (χ1n) is 5.75. The van der Waals surface area contributed by atoms with Gasteiger partial charge in [0.05, 0.1) is 6.04 Å². The number of carbonyl (C=O) groups excluding carboxylic acids is 1. The van der Waals surface area contributed by atoms with Crippen LogP contribution in [-0.4, -0.2) is 23.1 Å². The lowest BCUT2D eigenvalue weighted by Crippen LogP contribution is -2.42. The number of hydrogen-bond donors (Lipinski definition) is 2. The number of carbonyl (C=O) groups is 1. The molecule has 0 aliphatic rings. The van der Waals surface area contributed by atoms with E-state index in [4.69, 9.17) is 0 Å². The van der Waals surface area contributed by atoms with Crippen molar-refractivity contribution in [3.8, 4) is 0 Å². The Balaban J connectivity index is 2.29. The fourth-order valence-corrected chi connectivity index (χ4v) is 1.43. The first-order valence-corrected chi connectivity index (χ1v) is 5.75. The minimum absolute atomic E-state index is 0.0674. The standard InChI is InChI=1S/C12H21N3O/c1-4-6-13-12(16)10(2)14-8-11-5-7-15(3)9-11/h5,7,9-10,14H,4,6,8H2,1-3H3,(H,13,16). The van der Waals surface area contributed by atoms with Gasteiger partial charge in [0.15, 0.2) is 0 Å². The number of amides is 1. The Bertz CT molecular complexity index is 333. The highest BCUT2D eigenvalue weighted by atomic mass is 16.2. The molecule has 0 spiro atoms. The van der Waals surface area contributed by atoms with Crippen molar-refractivity contribution in [1.29, 1.82) is 0 Å². The van der Waals surface area contributed by atoms with Crippen LogP contribution in [0.25, 0.3) is 0 Å². The van der Waals surface area contributed by atoms with Gasteiger partial charge in [-0.2, -0.15) is 0 Å². The molecule has 2 N–H and O–H groups in total. The van der Waals surface area contributed by atoms with Crippen molar-refractivity contribution in [2.75, 3.05) is 6.54 Å². The molecule has 1 unspecified atom stereocenters. The Morgan fingerprint density at radius 1 is 1.56 bits per heavy atom. The minimum atomic E-state index is -0.147. The van der Waals surface area contributed by atoms with Gasteiger partial charge in [0, 0.05) is 32.5 Å². The highest BCUT2D eigenvalue weighted by Crippen LogP contribution is 1.99. The van der Waals surface area contributed by atoms with Crippen LogP contribution < -0.4 is 10.6 Å². The Kier molecular flexibility index (Phi) is 5.05. The molecule has 0 saturated carbocycles. The van der Waals surface area contributed by atoms with Crippen LogP contribution in [0.2, 0.25) is 0 Å². The molecule has 1 rings (SSSR count). The summed E-state index contributed by atoms with van der Waals surface area (Å²) in [5.41, 5.74) is 1.19. The molecule has 1 amide bonds. The van der Waals surface area contributed by atoms with Gasteiger partial charge in [-0.05, 0) is 25.0 Å². The van der Waals surface area contributed by atoms with E-state index in [0.717, 1.165) is 19.5 Å². The summed E-state index contributed by atoms with van der Waals surface area (Å²) < 4.78 is 2.00. The van der Waals surface area contributed by atoms with E-state index in [-0.39, 0.29) is 11.9 Å². The van der Waals surface area contributed by atoms with Gasteiger partial charge in [-0.25, -0.2) is 0 Å². The minimum Gasteiger partial charge on any atom is -0.357 e. The maximum atomic E-state index is 11.5. The first kappa shape index (κ1) is 12.8. The largest absolute Gasteiger partial charge is 0.357 e. The predicted molar refractivity (Wildman–Crippen MR) is 65.0 cm³/mol. The molecule has 0 aliphatic heterocycles. The fraction of sp³-hybridized carbons (Fsp3) is 0.583. The van der Waals surface area contributed by atoms with Crippen molar-refractivity contribution in [2.24, 2.45) is 7.05 Å². The first-order chi connectivity index (χ1) is 7.63. The third-order valence-electron chi connectivity index (χ3n) is 2.45. The number of rotatable bonds is 6. The molecule has 4 nitrogen and oxygen atoms in total. The normalized spacial score (nSPS) is 12.4. The Hall–Kier alpha value is -1.29. The van der Waals surface area contributed by atoms with Crippen LogP contribution in [-0.2, 0) is 18.4 Å². The number of nitrogens with one attached hydrogen (secondary N) is 2. The van der Waals surface area contributed by atoms with Crippen molar-refractivity contribution >= 4 is 5.91 Å². The van der Waals surface area contributed by atoms with Crippen LogP contribution in [0.15, 0.2) is 18.5 Å². The molecule has 16 heavy (non-hydrogen) atoms. The van der Waals surface area contributed by atoms with E-state index in [2.05, 4.69) is 10.6 Å². The second-order valence-corrected chi connectivity index (χ2v) is 4.08. The fourth-order valence-electron chi connectivity index (χ4n) is 1.43. The Morgan fingerprint density at radius 3 is 2.88 bits per heavy atom. The lowest BCUT2D eigenvalue weighted by molar-refractivity contribution is -0.122. The number of nitrogens with zero attached hydrogens (tertiary/aromatic N) is 1. The second kappa shape index (κ2) is 6.33. The summed E-state index contributed by atoms with van der Waals surface area (Å²) in [6, 6.07) is 1.90. The molecule has 0 aliphatic carbocycles. The molecule has 4 heteroatoms. The van der Waals surface area contributed by atoms with Gasteiger partial charge in [0.1, 0.15) is 0 Å². The number of aromatic nitrogens is 1. The monoisotopic (exact) mass is 223 g/mol. The highest BCUT2D eigenvalue weighted by molar-refractivity contribution is 5.81. The summed E-state index contributed by atoms with van der Waals surface area (Å²) in [4.78, 5) is 11.5. The smallest absolute Gasteiger partial charge is 0.236 e.